The molecule has 1 atom stereocenters. The van der Waals surface area contributed by atoms with Gasteiger partial charge in [0.15, 0.2) is 11.5 Å². The molecule has 1 saturated heterocycles. The molecule has 1 fully saturated rings. The highest BCUT2D eigenvalue weighted by Gasteiger charge is 2.25. The van der Waals surface area contributed by atoms with E-state index in [4.69, 9.17) is 19.9 Å². The van der Waals surface area contributed by atoms with E-state index < -0.39 is 0 Å². The molecule has 1 aromatic rings. The Morgan fingerprint density at radius 3 is 2.05 bits per heavy atom. The zero-order chi connectivity index (χ0) is 15.2. The number of hydrogen-bond acceptors (Lipinski definition) is 5. The third-order valence-corrected chi connectivity index (χ3v) is 4.15. The van der Waals surface area contributed by atoms with Crippen molar-refractivity contribution in [2.24, 2.45) is 5.73 Å². The number of hydrogen-bond donors (Lipinski definition) is 1. The lowest BCUT2D eigenvalue weighted by Gasteiger charge is -2.35. The average Bonchev–Trinajstić information content (AvgIpc) is 2.56. The van der Waals surface area contributed by atoms with Crippen LogP contribution in [0.2, 0.25) is 0 Å². The van der Waals surface area contributed by atoms with Crippen LogP contribution in [0, 0.1) is 0 Å². The molecule has 0 spiro atoms. The number of methoxy groups -OCH3 is 3. The summed E-state index contributed by atoms with van der Waals surface area (Å²) in [5, 5.41) is 0. The van der Waals surface area contributed by atoms with E-state index >= 15 is 0 Å². The van der Waals surface area contributed by atoms with Crippen LogP contribution in [0.25, 0.3) is 0 Å². The standard InChI is InChI=1S/C16H26N2O3/c1-19-14-10-16(21-3)15(20-2)9-12(14)13(11-17)18-7-5-4-6-8-18/h9-10,13H,4-8,11,17H2,1-3H3. The van der Waals surface area contributed by atoms with Gasteiger partial charge in [-0.05, 0) is 32.0 Å². The molecule has 118 valence electrons. The van der Waals surface area contributed by atoms with Crippen molar-refractivity contribution in [2.45, 2.75) is 25.3 Å². The molecular formula is C16H26N2O3. The van der Waals surface area contributed by atoms with Gasteiger partial charge in [0.2, 0.25) is 0 Å². The monoisotopic (exact) mass is 294 g/mol. The summed E-state index contributed by atoms with van der Waals surface area (Å²) in [6, 6.07) is 4.02. The predicted octanol–water partition coefficient (Wildman–Crippen LogP) is 2.20. The van der Waals surface area contributed by atoms with Crippen LogP contribution in [0.1, 0.15) is 30.9 Å². The molecule has 1 aliphatic heterocycles. The van der Waals surface area contributed by atoms with Gasteiger partial charge in [-0.15, -0.1) is 0 Å². The molecule has 0 radical (unpaired) electrons. The molecule has 1 aromatic carbocycles. The summed E-state index contributed by atoms with van der Waals surface area (Å²) < 4.78 is 16.3. The van der Waals surface area contributed by atoms with Gasteiger partial charge in [0.05, 0.1) is 27.4 Å². The van der Waals surface area contributed by atoms with Crippen molar-refractivity contribution in [2.75, 3.05) is 41.0 Å². The molecule has 1 unspecified atom stereocenters. The topological polar surface area (TPSA) is 57.0 Å². The zero-order valence-electron chi connectivity index (χ0n) is 13.2. The molecular weight excluding hydrogens is 268 g/mol. The number of nitrogens with zero attached hydrogens (tertiary/aromatic N) is 1. The molecule has 0 saturated carbocycles. The minimum Gasteiger partial charge on any atom is -0.496 e. The molecule has 5 heteroatoms. The zero-order valence-corrected chi connectivity index (χ0v) is 13.2. The van der Waals surface area contributed by atoms with Crippen LogP contribution in [0.5, 0.6) is 17.2 Å². The number of ether oxygens (including phenoxy) is 3. The molecule has 0 aliphatic carbocycles. The highest BCUT2D eigenvalue weighted by atomic mass is 16.5. The number of likely N-dealkylation sites (tertiary alicyclic amines) is 1. The smallest absolute Gasteiger partial charge is 0.164 e. The number of rotatable bonds is 6. The van der Waals surface area contributed by atoms with Crippen LogP contribution in [-0.2, 0) is 0 Å². The van der Waals surface area contributed by atoms with Gasteiger partial charge in [-0.2, -0.15) is 0 Å². The van der Waals surface area contributed by atoms with Gasteiger partial charge < -0.3 is 19.9 Å². The van der Waals surface area contributed by atoms with E-state index in [0.717, 1.165) is 24.4 Å². The summed E-state index contributed by atoms with van der Waals surface area (Å²) >= 11 is 0. The second-order valence-electron chi connectivity index (χ2n) is 5.30. The molecule has 0 aromatic heterocycles. The lowest BCUT2D eigenvalue weighted by molar-refractivity contribution is 0.164. The predicted molar refractivity (Wildman–Crippen MR) is 83.3 cm³/mol. The largest absolute Gasteiger partial charge is 0.496 e. The molecule has 1 heterocycles. The Balaban J connectivity index is 2.38. The van der Waals surface area contributed by atoms with Crippen LogP contribution >= 0.6 is 0 Å². The normalized spacial score (nSPS) is 17.3. The lowest BCUT2D eigenvalue weighted by atomic mass is 10.00. The van der Waals surface area contributed by atoms with Gasteiger partial charge in [0.1, 0.15) is 5.75 Å². The SMILES string of the molecule is COc1cc(OC)c(C(CN)N2CCCCC2)cc1OC. The van der Waals surface area contributed by atoms with E-state index in [1.54, 1.807) is 21.3 Å². The number of nitrogens with two attached hydrogens (primary N) is 1. The van der Waals surface area contributed by atoms with E-state index in [1.165, 1.54) is 19.3 Å². The Morgan fingerprint density at radius 2 is 1.52 bits per heavy atom. The van der Waals surface area contributed by atoms with E-state index in [1.807, 2.05) is 12.1 Å². The number of piperidine rings is 1. The first-order valence-electron chi connectivity index (χ1n) is 7.49. The van der Waals surface area contributed by atoms with E-state index in [2.05, 4.69) is 4.90 Å². The maximum absolute atomic E-state index is 6.05. The van der Waals surface area contributed by atoms with Gasteiger partial charge in [0, 0.05) is 18.2 Å². The second-order valence-corrected chi connectivity index (χ2v) is 5.30. The van der Waals surface area contributed by atoms with Crippen LogP contribution < -0.4 is 19.9 Å². The maximum Gasteiger partial charge on any atom is 0.164 e. The van der Waals surface area contributed by atoms with Crippen LogP contribution in [0.15, 0.2) is 12.1 Å². The highest BCUT2D eigenvalue weighted by molar-refractivity contribution is 5.52. The Kier molecular flexibility index (Phi) is 5.70. The summed E-state index contributed by atoms with van der Waals surface area (Å²) in [4.78, 5) is 2.44. The van der Waals surface area contributed by atoms with Crippen LogP contribution in [0.4, 0.5) is 0 Å². The summed E-state index contributed by atoms with van der Waals surface area (Å²) in [5.74, 6) is 2.19. The van der Waals surface area contributed by atoms with Crippen molar-refractivity contribution in [3.05, 3.63) is 17.7 Å². The molecule has 2 rings (SSSR count). The third kappa shape index (κ3) is 3.41. The van der Waals surface area contributed by atoms with Gasteiger partial charge >= 0.3 is 0 Å². The average molecular weight is 294 g/mol. The van der Waals surface area contributed by atoms with Crippen molar-refractivity contribution < 1.29 is 14.2 Å². The minimum absolute atomic E-state index is 0.153. The van der Waals surface area contributed by atoms with Gasteiger partial charge in [-0.25, -0.2) is 0 Å². The Morgan fingerprint density at radius 1 is 0.952 bits per heavy atom. The van der Waals surface area contributed by atoms with Crippen molar-refractivity contribution >= 4 is 0 Å². The van der Waals surface area contributed by atoms with Gasteiger partial charge in [-0.3, -0.25) is 4.90 Å². The van der Waals surface area contributed by atoms with E-state index in [9.17, 15) is 0 Å². The first-order chi connectivity index (χ1) is 10.2. The van der Waals surface area contributed by atoms with Crippen molar-refractivity contribution in [3.63, 3.8) is 0 Å². The molecule has 0 amide bonds. The van der Waals surface area contributed by atoms with E-state index in [0.29, 0.717) is 18.0 Å². The Bertz CT molecular complexity index is 459. The van der Waals surface area contributed by atoms with Gasteiger partial charge in [0.25, 0.3) is 0 Å². The number of benzene rings is 1. The first kappa shape index (κ1) is 15.9. The molecule has 21 heavy (non-hydrogen) atoms. The minimum atomic E-state index is 0.153. The fourth-order valence-corrected chi connectivity index (χ4v) is 3.02. The van der Waals surface area contributed by atoms with Crippen molar-refractivity contribution in [1.82, 2.24) is 4.90 Å². The fraction of sp³-hybridized carbons (Fsp3) is 0.625. The second kappa shape index (κ2) is 7.52. The maximum atomic E-state index is 6.05. The first-order valence-corrected chi connectivity index (χ1v) is 7.49. The van der Waals surface area contributed by atoms with Gasteiger partial charge in [-0.1, -0.05) is 6.42 Å². The molecule has 1 aliphatic rings. The van der Waals surface area contributed by atoms with Crippen molar-refractivity contribution in [1.29, 1.82) is 0 Å². The quantitative estimate of drug-likeness (QED) is 0.871. The molecule has 0 bridgehead atoms. The summed E-state index contributed by atoms with van der Waals surface area (Å²) in [7, 11) is 4.95. The third-order valence-electron chi connectivity index (χ3n) is 4.15. The Labute approximate surface area is 127 Å². The lowest BCUT2D eigenvalue weighted by Crippen LogP contribution is -2.37. The summed E-state index contributed by atoms with van der Waals surface area (Å²) in [5.41, 5.74) is 7.12. The molecule has 2 N–H and O–H groups in total. The van der Waals surface area contributed by atoms with E-state index in [-0.39, 0.29) is 6.04 Å². The summed E-state index contributed by atoms with van der Waals surface area (Å²) in [6.07, 6.45) is 3.76. The fourth-order valence-electron chi connectivity index (χ4n) is 3.02. The summed E-state index contributed by atoms with van der Waals surface area (Å²) in [6.45, 7) is 2.73. The Hall–Kier alpha value is -1.46. The van der Waals surface area contributed by atoms with Crippen LogP contribution in [-0.4, -0.2) is 45.9 Å². The molecule has 5 nitrogen and oxygen atoms in total. The van der Waals surface area contributed by atoms with Crippen molar-refractivity contribution in [3.8, 4) is 17.2 Å². The van der Waals surface area contributed by atoms with Crippen LogP contribution in [0.3, 0.4) is 0 Å². The highest BCUT2D eigenvalue weighted by Crippen LogP contribution is 2.39.